The SMILES string of the molecule is CCCOc1ncc(I)cc1C(=O)Nc1c(CCC)nn(C)c1C(N)=O. The van der Waals surface area contributed by atoms with Gasteiger partial charge < -0.3 is 15.8 Å². The smallest absolute Gasteiger partial charge is 0.269 e. The normalized spacial score (nSPS) is 10.6. The molecule has 0 atom stereocenters. The lowest BCUT2D eigenvalue weighted by molar-refractivity contribution is 0.0992. The minimum Gasteiger partial charge on any atom is -0.477 e. The van der Waals surface area contributed by atoms with E-state index in [9.17, 15) is 9.59 Å². The van der Waals surface area contributed by atoms with E-state index in [1.165, 1.54) is 4.68 Å². The van der Waals surface area contributed by atoms with E-state index >= 15 is 0 Å². The molecule has 2 aromatic rings. The van der Waals surface area contributed by atoms with Gasteiger partial charge >= 0.3 is 0 Å². The first-order valence-corrected chi connectivity index (χ1v) is 9.42. The van der Waals surface area contributed by atoms with Crippen molar-refractivity contribution >= 4 is 40.1 Å². The van der Waals surface area contributed by atoms with Crippen molar-refractivity contribution in [2.45, 2.75) is 33.1 Å². The molecule has 0 unspecified atom stereocenters. The van der Waals surface area contributed by atoms with Gasteiger partial charge in [-0.05, 0) is 41.5 Å². The maximum Gasteiger partial charge on any atom is 0.269 e. The average molecular weight is 471 g/mol. The van der Waals surface area contributed by atoms with Crippen LogP contribution in [0.5, 0.6) is 5.88 Å². The number of anilines is 1. The summed E-state index contributed by atoms with van der Waals surface area (Å²) in [4.78, 5) is 28.9. The highest BCUT2D eigenvalue weighted by Gasteiger charge is 2.24. The van der Waals surface area contributed by atoms with Crippen molar-refractivity contribution in [3.05, 3.63) is 32.8 Å². The molecule has 0 saturated heterocycles. The molecule has 9 heteroatoms. The van der Waals surface area contributed by atoms with Crippen molar-refractivity contribution < 1.29 is 14.3 Å². The van der Waals surface area contributed by atoms with Crippen LogP contribution in [-0.4, -0.2) is 33.2 Å². The molecule has 0 aliphatic carbocycles. The van der Waals surface area contributed by atoms with E-state index in [0.717, 1.165) is 16.4 Å². The van der Waals surface area contributed by atoms with Crippen molar-refractivity contribution in [3.8, 4) is 5.88 Å². The van der Waals surface area contributed by atoms with Crippen LogP contribution in [0.15, 0.2) is 12.3 Å². The van der Waals surface area contributed by atoms with Gasteiger partial charge in [0.2, 0.25) is 5.88 Å². The maximum atomic E-state index is 12.9. The van der Waals surface area contributed by atoms with Crippen molar-refractivity contribution in [3.63, 3.8) is 0 Å². The van der Waals surface area contributed by atoms with Crippen LogP contribution in [0.3, 0.4) is 0 Å². The Morgan fingerprint density at radius 1 is 1.35 bits per heavy atom. The Labute approximate surface area is 165 Å². The van der Waals surface area contributed by atoms with E-state index in [1.807, 2.05) is 13.8 Å². The number of ether oxygens (including phenoxy) is 1. The first-order valence-electron chi connectivity index (χ1n) is 8.34. The van der Waals surface area contributed by atoms with Gasteiger partial charge in [-0.15, -0.1) is 0 Å². The predicted molar refractivity (Wildman–Crippen MR) is 106 cm³/mol. The number of pyridine rings is 1. The van der Waals surface area contributed by atoms with Crippen LogP contribution >= 0.6 is 22.6 Å². The molecular weight excluding hydrogens is 449 g/mol. The Bertz CT molecular complexity index is 819. The Morgan fingerprint density at radius 3 is 2.69 bits per heavy atom. The molecule has 8 nitrogen and oxygen atoms in total. The van der Waals surface area contributed by atoms with E-state index in [0.29, 0.717) is 30.0 Å². The lowest BCUT2D eigenvalue weighted by Gasteiger charge is -2.11. The van der Waals surface area contributed by atoms with Gasteiger partial charge in [0.1, 0.15) is 11.3 Å². The van der Waals surface area contributed by atoms with Crippen molar-refractivity contribution in [2.75, 3.05) is 11.9 Å². The monoisotopic (exact) mass is 471 g/mol. The molecule has 2 amide bonds. The summed E-state index contributed by atoms with van der Waals surface area (Å²) < 4.78 is 7.76. The fourth-order valence-corrected chi connectivity index (χ4v) is 2.94. The number of rotatable bonds is 8. The summed E-state index contributed by atoms with van der Waals surface area (Å²) >= 11 is 2.08. The van der Waals surface area contributed by atoms with E-state index in [2.05, 4.69) is 38.0 Å². The van der Waals surface area contributed by atoms with Crippen LogP contribution in [-0.2, 0) is 13.5 Å². The second-order valence-corrected chi connectivity index (χ2v) is 6.96. The first-order chi connectivity index (χ1) is 12.4. The molecule has 0 aliphatic heterocycles. The summed E-state index contributed by atoms with van der Waals surface area (Å²) in [6.07, 6.45) is 3.85. The molecule has 2 aromatic heterocycles. The van der Waals surface area contributed by atoms with Crippen molar-refractivity contribution in [2.24, 2.45) is 12.8 Å². The number of nitrogens with zero attached hydrogens (tertiary/aromatic N) is 3. The summed E-state index contributed by atoms with van der Waals surface area (Å²) in [6.45, 7) is 4.41. The van der Waals surface area contributed by atoms with Gasteiger partial charge in [-0.3, -0.25) is 14.3 Å². The summed E-state index contributed by atoms with van der Waals surface area (Å²) in [6, 6.07) is 1.69. The lowest BCUT2D eigenvalue weighted by atomic mass is 10.1. The number of amides is 2. The Morgan fingerprint density at radius 2 is 2.08 bits per heavy atom. The minimum atomic E-state index is -0.652. The molecule has 2 rings (SSSR count). The molecule has 2 heterocycles. The van der Waals surface area contributed by atoms with Gasteiger partial charge in [-0.1, -0.05) is 20.3 Å². The number of aromatic nitrogens is 3. The summed E-state index contributed by atoms with van der Waals surface area (Å²) in [5.41, 5.74) is 6.89. The first kappa shape index (κ1) is 20.1. The van der Waals surface area contributed by atoms with Crippen LogP contribution in [0.4, 0.5) is 5.69 Å². The average Bonchev–Trinajstić information content (AvgIpc) is 2.89. The highest BCUT2D eigenvalue weighted by Crippen LogP contribution is 2.25. The molecule has 0 aromatic carbocycles. The zero-order valence-corrected chi connectivity index (χ0v) is 17.2. The zero-order chi connectivity index (χ0) is 19.3. The third-order valence-corrected chi connectivity index (χ3v) is 4.17. The van der Waals surface area contributed by atoms with Gasteiger partial charge in [-0.25, -0.2) is 4.98 Å². The molecule has 0 saturated carbocycles. The number of hydrogen-bond acceptors (Lipinski definition) is 5. The van der Waals surface area contributed by atoms with Crippen LogP contribution in [0.1, 0.15) is 53.2 Å². The van der Waals surface area contributed by atoms with Gasteiger partial charge in [0, 0.05) is 16.8 Å². The summed E-state index contributed by atoms with van der Waals surface area (Å²) in [5.74, 6) is -0.817. The van der Waals surface area contributed by atoms with Gasteiger partial charge in [0.15, 0.2) is 0 Å². The maximum absolute atomic E-state index is 12.9. The third-order valence-electron chi connectivity index (χ3n) is 3.58. The molecule has 0 spiro atoms. The molecular formula is C17H22IN5O3. The summed E-state index contributed by atoms with van der Waals surface area (Å²) in [7, 11) is 1.62. The number of carbonyl (C=O) groups excluding carboxylic acids is 2. The quantitative estimate of drug-likeness (QED) is 0.575. The number of halogens is 1. The lowest BCUT2D eigenvalue weighted by Crippen LogP contribution is -2.21. The van der Waals surface area contributed by atoms with E-state index < -0.39 is 11.8 Å². The number of hydrogen-bond donors (Lipinski definition) is 2. The molecule has 0 bridgehead atoms. The fourth-order valence-electron chi connectivity index (χ4n) is 2.49. The molecule has 0 fully saturated rings. The van der Waals surface area contributed by atoms with Crippen molar-refractivity contribution in [1.29, 1.82) is 0 Å². The fraction of sp³-hybridized carbons (Fsp3) is 0.412. The van der Waals surface area contributed by atoms with Gasteiger partial charge in [-0.2, -0.15) is 5.10 Å². The Kier molecular flexibility index (Phi) is 6.95. The van der Waals surface area contributed by atoms with E-state index in [4.69, 9.17) is 10.5 Å². The number of nitrogens with two attached hydrogens (primary N) is 1. The third kappa shape index (κ3) is 4.51. The van der Waals surface area contributed by atoms with Crippen LogP contribution in [0.25, 0.3) is 0 Å². The molecule has 0 aliphatic rings. The Balaban J connectivity index is 2.41. The zero-order valence-electron chi connectivity index (χ0n) is 15.0. The number of nitrogens with one attached hydrogen (secondary N) is 1. The van der Waals surface area contributed by atoms with Crippen LogP contribution in [0, 0.1) is 3.57 Å². The van der Waals surface area contributed by atoms with Crippen LogP contribution in [0.2, 0.25) is 0 Å². The predicted octanol–water partition coefficient (Wildman–Crippen LogP) is 2.51. The van der Waals surface area contributed by atoms with Gasteiger partial charge in [0.05, 0.1) is 18.0 Å². The number of carbonyl (C=O) groups is 2. The number of aryl methyl sites for hydroxylation is 2. The largest absolute Gasteiger partial charge is 0.477 e. The topological polar surface area (TPSA) is 112 Å². The standard InChI is InChI=1S/C17H22IN5O3/c1-4-6-12-13(14(15(19)24)23(3)22-12)21-16(25)11-8-10(18)9-20-17(11)26-7-5-2/h8-9H,4-7H2,1-3H3,(H2,19,24)(H,21,25). The Hall–Kier alpha value is -2.17. The number of primary amides is 1. The molecule has 140 valence electrons. The second-order valence-electron chi connectivity index (χ2n) is 5.72. The minimum absolute atomic E-state index is 0.163. The molecule has 3 N–H and O–H groups in total. The molecule has 0 radical (unpaired) electrons. The summed E-state index contributed by atoms with van der Waals surface area (Å²) in [5, 5.41) is 7.09. The highest BCUT2D eigenvalue weighted by molar-refractivity contribution is 14.1. The highest BCUT2D eigenvalue weighted by atomic mass is 127. The van der Waals surface area contributed by atoms with E-state index in [1.54, 1.807) is 19.3 Å². The van der Waals surface area contributed by atoms with Gasteiger partial charge in [0.25, 0.3) is 11.8 Å². The van der Waals surface area contributed by atoms with Crippen molar-refractivity contribution in [1.82, 2.24) is 14.8 Å². The van der Waals surface area contributed by atoms with E-state index in [-0.39, 0.29) is 11.6 Å². The molecule has 26 heavy (non-hydrogen) atoms. The second kappa shape index (κ2) is 8.97. The van der Waals surface area contributed by atoms with Crippen LogP contribution < -0.4 is 15.8 Å².